The lowest BCUT2D eigenvalue weighted by Crippen LogP contribution is -2.05. The zero-order valence-electron chi connectivity index (χ0n) is 9.87. The minimum atomic E-state index is -0.349. The smallest absolute Gasteiger partial charge is 0.308 e. The molecule has 1 aromatic rings. The van der Waals surface area contributed by atoms with E-state index in [1.54, 1.807) is 7.11 Å². The van der Waals surface area contributed by atoms with E-state index in [-0.39, 0.29) is 5.97 Å². The van der Waals surface area contributed by atoms with Crippen molar-refractivity contribution in [1.82, 2.24) is 0 Å². The topological polar surface area (TPSA) is 35.5 Å². The van der Waals surface area contributed by atoms with Gasteiger partial charge in [0, 0.05) is 6.92 Å². The van der Waals surface area contributed by atoms with Crippen molar-refractivity contribution in [2.24, 2.45) is 0 Å². The van der Waals surface area contributed by atoms with Gasteiger partial charge in [-0.1, -0.05) is 12.1 Å². The Morgan fingerprint density at radius 3 is 2.69 bits per heavy atom. The first-order valence-corrected chi connectivity index (χ1v) is 5.05. The van der Waals surface area contributed by atoms with Crippen LogP contribution < -0.4 is 9.47 Å². The third-order valence-electron chi connectivity index (χ3n) is 2.15. The Balaban J connectivity index is 3.16. The quantitative estimate of drug-likeness (QED) is 0.444. The summed E-state index contributed by atoms with van der Waals surface area (Å²) in [5.74, 6) is 0.715. The average molecular weight is 220 g/mol. The Hall–Kier alpha value is -1.77. The van der Waals surface area contributed by atoms with Gasteiger partial charge in [-0.2, -0.15) is 0 Å². The van der Waals surface area contributed by atoms with Crippen LogP contribution >= 0.6 is 0 Å². The monoisotopic (exact) mass is 220 g/mol. The first kappa shape index (κ1) is 12.3. The predicted octanol–water partition coefficient (Wildman–Crippen LogP) is 2.66. The van der Waals surface area contributed by atoms with Crippen LogP contribution in [-0.4, -0.2) is 13.1 Å². The van der Waals surface area contributed by atoms with Crippen molar-refractivity contribution >= 4 is 5.97 Å². The normalized spacial score (nSPS) is 9.69. The lowest BCUT2D eigenvalue weighted by atomic mass is 10.1. The van der Waals surface area contributed by atoms with Crippen LogP contribution in [0.4, 0.5) is 0 Å². The second-order valence-electron chi connectivity index (χ2n) is 3.53. The second-order valence-corrected chi connectivity index (χ2v) is 3.53. The van der Waals surface area contributed by atoms with Gasteiger partial charge >= 0.3 is 5.97 Å². The van der Waals surface area contributed by atoms with Crippen LogP contribution in [0.5, 0.6) is 11.5 Å². The van der Waals surface area contributed by atoms with E-state index in [2.05, 4.69) is 6.58 Å². The van der Waals surface area contributed by atoms with Crippen molar-refractivity contribution in [3.8, 4) is 11.5 Å². The number of aryl methyl sites for hydroxylation is 1. The molecule has 3 heteroatoms. The molecular formula is C13H16O3. The number of hydrogen-bond acceptors (Lipinski definition) is 3. The SMILES string of the molecule is C=CCc1cc(C)c(OC(C)=O)c(OC)c1. The van der Waals surface area contributed by atoms with Gasteiger partial charge in [-0.3, -0.25) is 4.79 Å². The predicted molar refractivity (Wildman–Crippen MR) is 62.9 cm³/mol. The van der Waals surface area contributed by atoms with Crippen LogP contribution in [-0.2, 0) is 11.2 Å². The zero-order valence-corrected chi connectivity index (χ0v) is 9.87. The van der Waals surface area contributed by atoms with Gasteiger partial charge in [0.2, 0.25) is 0 Å². The molecule has 0 spiro atoms. The molecule has 0 atom stereocenters. The van der Waals surface area contributed by atoms with Crippen molar-refractivity contribution in [3.63, 3.8) is 0 Å². The first-order valence-electron chi connectivity index (χ1n) is 5.05. The number of methoxy groups -OCH3 is 1. The fourth-order valence-corrected chi connectivity index (χ4v) is 1.52. The fraction of sp³-hybridized carbons (Fsp3) is 0.308. The summed E-state index contributed by atoms with van der Waals surface area (Å²) in [5.41, 5.74) is 1.96. The van der Waals surface area contributed by atoms with Gasteiger partial charge in [0.15, 0.2) is 11.5 Å². The van der Waals surface area contributed by atoms with E-state index in [0.29, 0.717) is 11.5 Å². The minimum Gasteiger partial charge on any atom is -0.493 e. The maximum atomic E-state index is 11.0. The zero-order chi connectivity index (χ0) is 12.1. The highest BCUT2D eigenvalue weighted by atomic mass is 16.6. The first-order chi connectivity index (χ1) is 7.58. The summed E-state index contributed by atoms with van der Waals surface area (Å²) >= 11 is 0. The number of ether oxygens (including phenoxy) is 2. The molecule has 3 nitrogen and oxygen atoms in total. The molecular weight excluding hydrogens is 204 g/mol. The van der Waals surface area contributed by atoms with E-state index in [1.165, 1.54) is 6.92 Å². The Labute approximate surface area is 95.7 Å². The van der Waals surface area contributed by atoms with Gasteiger partial charge in [-0.25, -0.2) is 0 Å². The van der Waals surface area contributed by atoms with E-state index in [4.69, 9.17) is 9.47 Å². The number of carbonyl (C=O) groups is 1. The summed E-state index contributed by atoms with van der Waals surface area (Å²) in [7, 11) is 1.56. The summed E-state index contributed by atoms with van der Waals surface area (Å²) in [6.07, 6.45) is 2.58. The largest absolute Gasteiger partial charge is 0.493 e. The van der Waals surface area contributed by atoms with Crippen molar-refractivity contribution < 1.29 is 14.3 Å². The molecule has 0 saturated carbocycles. The highest BCUT2D eigenvalue weighted by molar-refractivity contribution is 5.71. The number of allylic oxidation sites excluding steroid dienone is 1. The third-order valence-corrected chi connectivity index (χ3v) is 2.15. The van der Waals surface area contributed by atoms with E-state index in [9.17, 15) is 4.79 Å². The van der Waals surface area contributed by atoms with Crippen LogP contribution in [0.1, 0.15) is 18.1 Å². The molecule has 86 valence electrons. The van der Waals surface area contributed by atoms with Gasteiger partial charge < -0.3 is 9.47 Å². The lowest BCUT2D eigenvalue weighted by molar-refractivity contribution is -0.132. The Bertz CT molecular complexity index is 408. The Kier molecular flexibility index (Phi) is 4.11. The summed E-state index contributed by atoms with van der Waals surface area (Å²) in [5, 5.41) is 0. The van der Waals surface area contributed by atoms with Crippen molar-refractivity contribution in [2.45, 2.75) is 20.3 Å². The summed E-state index contributed by atoms with van der Waals surface area (Å²) in [6, 6.07) is 3.81. The number of rotatable bonds is 4. The number of carbonyl (C=O) groups excluding carboxylic acids is 1. The Morgan fingerprint density at radius 1 is 1.50 bits per heavy atom. The van der Waals surface area contributed by atoms with Gasteiger partial charge in [0.1, 0.15) is 0 Å². The van der Waals surface area contributed by atoms with Crippen LogP contribution in [0, 0.1) is 6.92 Å². The minimum absolute atomic E-state index is 0.349. The van der Waals surface area contributed by atoms with Crippen LogP contribution in [0.25, 0.3) is 0 Å². The second kappa shape index (κ2) is 5.35. The molecule has 0 bridgehead atoms. The molecule has 1 rings (SSSR count). The number of hydrogen-bond donors (Lipinski definition) is 0. The van der Waals surface area contributed by atoms with Crippen LogP contribution in [0.15, 0.2) is 24.8 Å². The van der Waals surface area contributed by atoms with Crippen molar-refractivity contribution in [2.75, 3.05) is 7.11 Å². The van der Waals surface area contributed by atoms with Crippen molar-refractivity contribution in [3.05, 3.63) is 35.9 Å². The molecule has 1 aromatic carbocycles. The molecule has 0 aliphatic carbocycles. The van der Waals surface area contributed by atoms with Gasteiger partial charge in [0.05, 0.1) is 7.11 Å². The highest BCUT2D eigenvalue weighted by Gasteiger charge is 2.11. The molecule has 16 heavy (non-hydrogen) atoms. The molecule has 0 N–H and O–H groups in total. The lowest BCUT2D eigenvalue weighted by Gasteiger charge is -2.12. The molecule has 0 amide bonds. The van der Waals surface area contributed by atoms with E-state index in [1.807, 2.05) is 25.1 Å². The van der Waals surface area contributed by atoms with E-state index < -0.39 is 0 Å². The van der Waals surface area contributed by atoms with Gasteiger partial charge in [0.25, 0.3) is 0 Å². The summed E-state index contributed by atoms with van der Waals surface area (Å²) < 4.78 is 10.3. The molecule has 0 saturated heterocycles. The molecule has 0 aliphatic rings. The van der Waals surface area contributed by atoms with E-state index in [0.717, 1.165) is 17.5 Å². The van der Waals surface area contributed by atoms with Crippen molar-refractivity contribution in [1.29, 1.82) is 0 Å². The van der Waals surface area contributed by atoms with Crippen LogP contribution in [0.3, 0.4) is 0 Å². The van der Waals surface area contributed by atoms with Crippen LogP contribution in [0.2, 0.25) is 0 Å². The van der Waals surface area contributed by atoms with Gasteiger partial charge in [-0.05, 0) is 30.5 Å². The molecule has 0 aliphatic heterocycles. The molecule has 0 radical (unpaired) electrons. The van der Waals surface area contributed by atoms with E-state index >= 15 is 0 Å². The molecule has 0 heterocycles. The summed E-state index contributed by atoms with van der Waals surface area (Å²) in [6.45, 7) is 6.94. The molecule has 0 fully saturated rings. The highest BCUT2D eigenvalue weighted by Crippen LogP contribution is 2.32. The maximum absolute atomic E-state index is 11.0. The standard InChI is InChI=1S/C13H16O3/c1-5-6-11-7-9(2)13(16-10(3)14)12(8-11)15-4/h5,7-8H,1,6H2,2-4H3. The maximum Gasteiger partial charge on any atom is 0.308 e. The average Bonchev–Trinajstić information content (AvgIpc) is 2.21. The summed E-state index contributed by atoms with van der Waals surface area (Å²) in [4.78, 5) is 11.0. The van der Waals surface area contributed by atoms with Gasteiger partial charge in [-0.15, -0.1) is 6.58 Å². The third kappa shape index (κ3) is 2.86. The molecule has 0 aromatic heterocycles. The molecule has 0 unspecified atom stereocenters. The Morgan fingerprint density at radius 2 is 2.19 bits per heavy atom. The number of benzene rings is 1. The fourth-order valence-electron chi connectivity index (χ4n) is 1.52. The number of esters is 1.